The first-order chi connectivity index (χ1) is 9.03. The molecule has 0 bridgehead atoms. The van der Waals surface area contributed by atoms with Crippen LogP contribution in [0, 0.1) is 0 Å². The van der Waals surface area contributed by atoms with Crippen LogP contribution in [0.2, 0.25) is 5.02 Å². The quantitative estimate of drug-likeness (QED) is 0.890. The van der Waals surface area contributed by atoms with Gasteiger partial charge in [0.2, 0.25) is 0 Å². The summed E-state index contributed by atoms with van der Waals surface area (Å²) >= 11 is 5.85. The molecule has 1 atom stereocenters. The van der Waals surface area contributed by atoms with Gasteiger partial charge in [0.1, 0.15) is 0 Å². The molecule has 0 aromatic heterocycles. The Labute approximate surface area is 118 Å². The SMILES string of the molecule is NCC1CCCCN1S(=O)(=O)Nc1cccc(Cl)c1. The number of anilines is 1. The number of rotatable bonds is 4. The van der Waals surface area contributed by atoms with Gasteiger partial charge < -0.3 is 5.73 Å². The van der Waals surface area contributed by atoms with Gasteiger partial charge in [-0.3, -0.25) is 4.72 Å². The maximum absolute atomic E-state index is 12.4. The largest absolute Gasteiger partial charge is 0.329 e. The summed E-state index contributed by atoms with van der Waals surface area (Å²) in [6.07, 6.45) is 2.70. The van der Waals surface area contributed by atoms with Crippen LogP contribution >= 0.6 is 11.6 Å². The maximum Gasteiger partial charge on any atom is 0.301 e. The number of hydrogen-bond donors (Lipinski definition) is 2. The molecule has 0 radical (unpaired) electrons. The molecule has 1 unspecified atom stereocenters. The van der Waals surface area contributed by atoms with Crippen molar-refractivity contribution in [3.8, 4) is 0 Å². The third-order valence-corrected chi connectivity index (χ3v) is 5.05. The Hall–Kier alpha value is -0.820. The summed E-state index contributed by atoms with van der Waals surface area (Å²) < 4.78 is 28.7. The summed E-state index contributed by atoms with van der Waals surface area (Å²) in [5, 5.41) is 0.495. The lowest BCUT2D eigenvalue weighted by molar-refractivity contribution is 0.259. The smallest absolute Gasteiger partial charge is 0.301 e. The number of piperidine rings is 1. The fourth-order valence-electron chi connectivity index (χ4n) is 2.29. The lowest BCUT2D eigenvalue weighted by Crippen LogP contribution is -2.49. The van der Waals surface area contributed by atoms with Crippen molar-refractivity contribution in [3.05, 3.63) is 29.3 Å². The van der Waals surface area contributed by atoms with E-state index in [-0.39, 0.29) is 6.04 Å². The molecule has 7 heteroatoms. The average Bonchev–Trinajstić information content (AvgIpc) is 2.38. The first-order valence-corrected chi connectivity index (χ1v) is 8.10. The molecule has 1 saturated heterocycles. The molecular formula is C12H18ClN3O2S. The van der Waals surface area contributed by atoms with Crippen molar-refractivity contribution in [1.29, 1.82) is 0 Å². The van der Waals surface area contributed by atoms with Gasteiger partial charge in [-0.25, -0.2) is 0 Å². The molecule has 0 spiro atoms. The lowest BCUT2D eigenvalue weighted by Gasteiger charge is -2.33. The van der Waals surface area contributed by atoms with E-state index >= 15 is 0 Å². The van der Waals surface area contributed by atoms with Gasteiger partial charge in [-0.05, 0) is 31.0 Å². The molecule has 3 N–H and O–H groups in total. The molecule has 0 saturated carbocycles. The predicted octanol–water partition coefficient (Wildman–Crippen LogP) is 1.81. The minimum Gasteiger partial charge on any atom is -0.329 e. The summed E-state index contributed by atoms with van der Waals surface area (Å²) in [5.74, 6) is 0. The highest BCUT2D eigenvalue weighted by Crippen LogP contribution is 2.22. The van der Waals surface area contributed by atoms with Gasteiger partial charge in [0.25, 0.3) is 0 Å². The van der Waals surface area contributed by atoms with Crippen LogP contribution in [-0.4, -0.2) is 31.9 Å². The van der Waals surface area contributed by atoms with Crippen LogP contribution in [0.15, 0.2) is 24.3 Å². The topological polar surface area (TPSA) is 75.4 Å². The van der Waals surface area contributed by atoms with E-state index in [1.165, 1.54) is 4.31 Å². The van der Waals surface area contributed by atoms with Gasteiger partial charge >= 0.3 is 10.2 Å². The van der Waals surface area contributed by atoms with Gasteiger partial charge in [-0.1, -0.05) is 24.1 Å². The Kier molecular flexibility index (Phi) is 4.67. The van der Waals surface area contributed by atoms with Crippen LogP contribution in [0.25, 0.3) is 0 Å². The molecular weight excluding hydrogens is 286 g/mol. The van der Waals surface area contributed by atoms with Crippen molar-refractivity contribution in [3.63, 3.8) is 0 Å². The van der Waals surface area contributed by atoms with Crippen LogP contribution in [0.5, 0.6) is 0 Å². The highest BCUT2D eigenvalue weighted by Gasteiger charge is 2.31. The number of nitrogens with one attached hydrogen (secondary N) is 1. The van der Waals surface area contributed by atoms with E-state index in [1.54, 1.807) is 24.3 Å². The molecule has 2 rings (SSSR count). The number of nitrogens with zero attached hydrogens (tertiary/aromatic N) is 1. The molecule has 0 aliphatic carbocycles. The summed E-state index contributed by atoms with van der Waals surface area (Å²) in [6.45, 7) is 0.855. The van der Waals surface area contributed by atoms with Crippen molar-refractivity contribution in [2.45, 2.75) is 25.3 Å². The minimum atomic E-state index is -3.57. The third-order valence-electron chi connectivity index (χ3n) is 3.23. The second-order valence-electron chi connectivity index (χ2n) is 4.61. The zero-order valence-corrected chi connectivity index (χ0v) is 12.1. The molecule has 1 fully saturated rings. The van der Waals surface area contributed by atoms with Crippen LogP contribution in [0.3, 0.4) is 0 Å². The van der Waals surface area contributed by atoms with E-state index in [1.807, 2.05) is 0 Å². The highest BCUT2D eigenvalue weighted by atomic mass is 35.5. The lowest BCUT2D eigenvalue weighted by atomic mass is 10.1. The van der Waals surface area contributed by atoms with Crippen LogP contribution < -0.4 is 10.5 Å². The number of halogens is 1. The van der Waals surface area contributed by atoms with Gasteiger partial charge in [0.15, 0.2) is 0 Å². The molecule has 1 heterocycles. The van der Waals surface area contributed by atoms with Gasteiger partial charge in [0, 0.05) is 24.2 Å². The fraction of sp³-hybridized carbons (Fsp3) is 0.500. The molecule has 5 nitrogen and oxygen atoms in total. The second kappa shape index (κ2) is 6.09. The second-order valence-corrected chi connectivity index (χ2v) is 6.67. The monoisotopic (exact) mass is 303 g/mol. The van der Waals surface area contributed by atoms with E-state index < -0.39 is 10.2 Å². The average molecular weight is 304 g/mol. The first kappa shape index (κ1) is 14.6. The molecule has 19 heavy (non-hydrogen) atoms. The van der Waals surface area contributed by atoms with E-state index in [4.69, 9.17) is 17.3 Å². The van der Waals surface area contributed by atoms with Crippen molar-refractivity contribution < 1.29 is 8.42 Å². The Morgan fingerprint density at radius 1 is 1.42 bits per heavy atom. The van der Waals surface area contributed by atoms with E-state index in [2.05, 4.69) is 4.72 Å². The normalized spacial score (nSPS) is 21.3. The molecule has 1 aliphatic rings. The summed E-state index contributed by atoms with van der Waals surface area (Å²) in [7, 11) is -3.57. The van der Waals surface area contributed by atoms with Gasteiger partial charge in [-0.2, -0.15) is 12.7 Å². The van der Waals surface area contributed by atoms with E-state index in [9.17, 15) is 8.42 Å². The maximum atomic E-state index is 12.4. The number of nitrogens with two attached hydrogens (primary N) is 1. The van der Waals surface area contributed by atoms with Gasteiger partial charge in [-0.15, -0.1) is 0 Å². The third kappa shape index (κ3) is 3.60. The standard InChI is InChI=1S/C12H18ClN3O2S/c13-10-4-3-5-11(8-10)15-19(17,18)16-7-2-1-6-12(16)9-14/h3-5,8,12,15H,1-2,6-7,9,14H2. The van der Waals surface area contributed by atoms with E-state index in [0.717, 1.165) is 19.3 Å². The number of hydrogen-bond acceptors (Lipinski definition) is 3. The highest BCUT2D eigenvalue weighted by molar-refractivity contribution is 7.90. The zero-order chi connectivity index (χ0) is 13.9. The molecule has 106 valence electrons. The van der Waals surface area contributed by atoms with Crippen molar-refractivity contribution in [2.24, 2.45) is 5.73 Å². The van der Waals surface area contributed by atoms with Gasteiger partial charge in [0.05, 0.1) is 5.69 Å². The van der Waals surface area contributed by atoms with Crippen molar-refractivity contribution in [2.75, 3.05) is 17.8 Å². The molecule has 1 aromatic rings. The molecule has 1 aliphatic heterocycles. The van der Waals surface area contributed by atoms with Crippen LogP contribution in [-0.2, 0) is 10.2 Å². The molecule has 1 aromatic carbocycles. The Morgan fingerprint density at radius 2 is 2.21 bits per heavy atom. The number of benzene rings is 1. The Morgan fingerprint density at radius 3 is 2.89 bits per heavy atom. The fourth-order valence-corrected chi connectivity index (χ4v) is 3.97. The Bertz CT molecular complexity index is 536. The van der Waals surface area contributed by atoms with E-state index in [0.29, 0.717) is 23.8 Å². The summed E-state index contributed by atoms with van der Waals surface area (Å²) in [6, 6.07) is 6.54. The Balaban J connectivity index is 2.17. The summed E-state index contributed by atoms with van der Waals surface area (Å²) in [4.78, 5) is 0. The van der Waals surface area contributed by atoms with Crippen molar-refractivity contribution >= 4 is 27.5 Å². The van der Waals surface area contributed by atoms with Crippen LogP contribution in [0.1, 0.15) is 19.3 Å². The first-order valence-electron chi connectivity index (χ1n) is 6.28. The minimum absolute atomic E-state index is 0.120. The van der Waals surface area contributed by atoms with Crippen LogP contribution in [0.4, 0.5) is 5.69 Å². The summed E-state index contributed by atoms with van der Waals surface area (Å²) in [5.41, 5.74) is 6.12. The molecule has 0 amide bonds. The van der Waals surface area contributed by atoms with Crippen molar-refractivity contribution in [1.82, 2.24) is 4.31 Å². The zero-order valence-electron chi connectivity index (χ0n) is 10.5. The predicted molar refractivity (Wildman–Crippen MR) is 77.4 cm³/mol.